The summed E-state index contributed by atoms with van der Waals surface area (Å²) in [4.78, 5) is 27.3. The van der Waals surface area contributed by atoms with Crippen LogP contribution in [-0.4, -0.2) is 47.0 Å². The third-order valence-corrected chi connectivity index (χ3v) is 6.02. The van der Waals surface area contributed by atoms with Crippen LogP contribution in [0.5, 0.6) is 0 Å². The number of nitrogens with zero attached hydrogens (tertiary/aromatic N) is 4. The number of pyridine rings is 1. The van der Waals surface area contributed by atoms with E-state index in [1.54, 1.807) is 11.3 Å². The minimum atomic E-state index is 0.178. The number of amides is 1. The van der Waals surface area contributed by atoms with Gasteiger partial charge in [-0.2, -0.15) is 0 Å². The molecule has 0 aliphatic carbocycles. The van der Waals surface area contributed by atoms with Crippen molar-refractivity contribution in [3.8, 4) is 11.3 Å². The first-order valence-corrected chi connectivity index (χ1v) is 10.4. The number of anilines is 1. The highest BCUT2D eigenvalue weighted by Crippen LogP contribution is 2.29. The van der Waals surface area contributed by atoms with Gasteiger partial charge in [0.05, 0.1) is 17.1 Å². The van der Waals surface area contributed by atoms with Gasteiger partial charge in [-0.15, -0.1) is 11.3 Å². The van der Waals surface area contributed by atoms with E-state index in [0.717, 1.165) is 53.1 Å². The number of carbonyl (C=O) groups is 1. The summed E-state index contributed by atoms with van der Waals surface area (Å²) in [5.41, 5.74) is 3.25. The Morgan fingerprint density at radius 1 is 1.04 bits per heavy atom. The molecular weight excluding hydrogens is 368 g/mol. The van der Waals surface area contributed by atoms with Gasteiger partial charge in [0.2, 0.25) is 5.91 Å². The van der Waals surface area contributed by atoms with E-state index < -0.39 is 0 Å². The van der Waals surface area contributed by atoms with Crippen molar-refractivity contribution in [2.24, 2.45) is 0 Å². The number of benzene rings is 1. The van der Waals surface area contributed by atoms with Crippen LogP contribution in [0.3, 0.4) is 0 Å². The van der Waals surface area contributed by atoms with Crippen LogP contribution in [-0.2, 0) is 11.2 Å². The lowest BCUT2D eigenvalue weighted by Crippen LogP contribution is -2.49. The smallest absolute Gasteiger partial charge is 0.228 e. The first-order valence-electron chi connectivity index (χ1n) is 9.57. The van der Waals surface area contributed by atoms with Gasteiger partial charge in [-0.25, -0.2) is 9.97 Å². The zero-order valence-corrected chi connectivity index (χ0v) is 17.1. The lowest BCUT2D eigenvalue weighted by Gasteiger charge is -2.35. The van der Waals surface area contributed by atoms with Gasteiger partial charge < -0.3 is 9.80 Å². The second kappa shape index (κ2) is 8.10. The monoisotopic (exact) mass is 392 g/mol. The van der Waals surface area contributed by atoms with Crippen LogP contribution >= 0.6 is 11.3 Å². The van der Waals surface area contributed by atoms with E-state index in [-0.39, 0.29) is 5.91 Å². The minimum Gasteiger partial charge on any atom is -0.353 e. The molecule has 1 aromatic carbocycles. The van der Waals surface area contributed by atoms with E-state index in [0.29, 0.717) is 6.42 Å². The molecule has 0 spiro atoms. The highest BCUT2D eigenvalue weighted by atomic mass is 32.1. The van der Waals surface area contributed by atoms with E-state index in [1.165, 1.54) is 5.56 Å². The fourth-order valence-corrected chi connectivity index (χ4v) is 4.45. The average Bonchev–Trinajstić information content (AvgIpc) is 3.09. The largest absolute Gasteiger partial charge is 0.353 e. The molecule has 6 heteroatoms. The molecule has 0 atom stereocenters. The van der Waals surface area contributed by atoms with Gasteiger partial charge in [0.1, 0.15) is 5.82 Å². The van der Waals surface area contributed by atoms with E-state index in [4.69, 9.17) is 4.98 Å². The van der Waals surface area contributed by atoms with Crippen molar-refractivity contribution in [3.63, 3.8) is 0 Å². The predicted molar refractivity (Wildman–Crippen MR) is 114 cm³/mol. The normalized spacial score (nSPS) is 14.4. The number of thiazole rings is 1. The quantitative estimate of drug-likeness (QED) is 0.679. The predicted octanol–water partition coefficient (Wildman–Crippen LogP) is 3.71. The van der Waals surface area contributed by atoms with Gasteiger partial charge in [0.25, 0.3) is 0 Å². The molecule has 2 aromatic heterocycles. The van der Waals surface area contributed by atoms with Crippen molar-refractivity contribution in [2.45, 2.75) is 20.3 Å². The minimum absolute atomic E-state index is 0.178. The molecule has 144 valence electrons. The highest BCUT2D eigenvalue weighted by Gasteiger charge is 2.23. The van der Waals surface area contributed by atoms with Crippen LogP contribution in [0.25, 0.3) is 11.3 Å². The number of piperazine rings is 1. The first kappa shape index (κ1) is 18.6. The molecule has 28 heavy (non-hydrogen) atoms. The molecule has 1 saturated heterocycles. The van der Waals surface area contributed by atoms with Gasteiger partial charge in [-0.1, -0.05) is 35.9 Å². The molecule has 0 radical (unpaired) electrons. The highest BCUT2D eigenvalue weighted by molar-refractivity contribution is 7.12. The zero-order valence-electron chi connectivity index (χ0n) is 16.3. The Hall–Kier alpha value is -2.73. The molecule has 0 saturated carbocycles. The summed E-state index contributed by atoms with van der Waals surface area (Å²) in [6.07, 6.45) is 2.23. The summed E-state index contributed by atoms with van der Waals surface area (Å²) < 4.78 is 0. The van der Waals surface area contributed by atoms with Crippen LogP contribution in [0.1, 0.15) is 15.4 Å². The number of rotatable bonds is 4. The van der Waals surface area contributed by atoms with Gasteiger partial charge in [-0.3, -0.25) is 4.79 Å². The van der Waals surface area contributed by atoms with Crippen LogP contribution in [0.4, 0.5) is 5.82 Å². The Labute approximate surface area is 169 Å². The van der Waals surface area contributed by atoms with Crippen molar-refractivity contribution in [1.29, 1.82) is 0 Å². The third kappa shape index (κ3) is 4.07. The maximum Gasteiger partial charge on any atom is 0.228 e. The number of hydrogen-bond donors (Lipinski definition) is 0. The summed E-state index contributed by atoms with van der Waals surface area (Å²) in [5.74, 6) is 1.16. The molecule has 5 nitrogen and oxygen atoms in total. The molecule has 3 heterocycles. The summed E-state index contributed by atoms with van der Waals surface area (Å²) >= 11 is 1.62. The second-order valence-electron chi connectivity index (χ2n) is 7.10. The van der Waals surface area contributed by atoms with Crippen LogP contribution in [0.15, 0.2) is 48.7 Å². The third-order valence-electron chi connectivity index (χ3n) is 5.05. The first-order chi connectivity index (χ1) is 13.6. The number of aromatic nitrogens is 2. The maximum absolute atomic E-state index is 12.9. The topological polar surface area (TPSA) is 49.3 Å². The van der Waals surface area contributed by atoms with Crippen molar-refractivity contribution in [1.82, 2.24) is 14.9 Å². The Bertz CT molecular complexity index is 944. The zero-order chi connectivity index (χ0) is 19.5. The molecule has 1 aliphatic heterocycles. The Morgan fingerprint density at radius 2 is 1.79 bits per heavy atom. The fraction of sp³-hybridized carbons (Fsp3) is 0.318. The van der Waals surface area contributed by atoms with Gasteiger partial charge in [-0.05, 0) is 26.0 Å². The number of carbonyl (C=O) groups excluding carboxylic acids is 1. The summed E-state index contributed by atoms with van der Waals surface area (Å²) in [5, 5.41) is 0.998. The molecule has 4 rings (SSSR count). The lowest BCUT2D eigenvalue weighted by atomic mass is 10.1. The van der Waals surface area contributed by atoms with Crippen molar-refractivity contribution < 1.29 is 4.79 Å². The summed E-state index contributed by atoms with van der Waals surface area (Å²) in [6.45, 7) is 7.16. The van der Waals surface area contributed by atoms with Crippen LogP contribution in [0, 0.1) is 13.8 Å². The van der Waals surface area contributed by atoms with Crippen LogP contribution < -0.4 is 4.90 Å². The Balaban J connectivity index is 1.43. The lowest BCUT2D eigenvalue weighted by molar-refractivity contribution is -0.130. The molecule has 1 aliphatic rings. The molecule has 0 N–H and O–H groups in total. The molecule has 3 aromatic rings. The number of aryl methyl sites for hydroxylation is 2. The van der Waals surface area contributed by atoms with E-state index in [2.05, 4.69) is 41.1 Å². The average molecular weight is 393 g/mol. The molecule has 0 bridgehead atoms. The summed E-state index contributed by atoms with van der Waals surface area (Å²) in [7, 11) is 0. The van der Waals surface area contributed by atoms with Crippen LogP contribution in [0.2, 0.25) is 0 Å². The van der Waals surface area contributed by atoms with Gasteiger partial charge in [0, 0.05) is 42.8 Å². The standard InChI is InChI=1S/C22H24N4OS/c1-16-6-8-18(9-7-16)22-19(28-17(2)24-22)15-21(27)26-13-11-25(12-14-26)20-5-3-4-10-23-20/h3-10H,11-15H2,1-2H3. The van der Waals surface area contributed by atoms with E-state index >= 15 is 0 Å². The van der Waals surface area contributed by atoms with Gasteiger partial charge >= 0.3 is 0 Å². The van der Waals surface area contributed by atoms with Crippen molar-refractivity contribution in [2.75, 3.05) is 31.1 Å². The van der Waals surface area contributed by atoms with Gasteiger partial charge in [0.15, 0.2) is 0 Å². The molecule has 1 amide bonds. The number of hydrogen-bond acceptors (Lipinski definition) is 5. The van der Waals surface area contributed by atoms with E-state index in [1.807, 2.05) is 36.2 Å². The Kier molecular flexibility index (Phi) is 5.39. The summed E-state index contributed by atoms with van der Waals surface area (Å²) in [6, 6.07) is 14.3. The molecule has 1 fully saturated rings. The van der Waals surface area contributed by atoms with Crippen molar-refractivity contribution in [3.05, 3.63) is 64.1 Å². The van der Waals surface area contributed by atoms with Crippen molar-refractivity contribution >= 4 is 23.1 Å². The van der Waals surface area contributed by atoms with E-state index in [9.17, 15) is 4.79 Å². The SMILES string of the molecule is Cc1ccc(-c2nc(C)sc2CC(=O)N2CCN(c3ccccn3)CC2)cc1. The maximum atomic E-state index is 12.9. The molecular formula is C22H24N4OS. The fourth-order valence-electron chi connectivity index (χ4n) is 3.50. The second-order valence-corrected chi connectivity index (χ2v) is 8.39. The Morgan fingerprint density at radius 3 is 2.46 bits per heavy atom. The molecule has 0 unspecified atom stereocenters.